The molecule has 90 valence electrons. The van der Waals surface area contributed by atoms with E-state index in [-0.39, 0.29) is 17.2 Å². The molecule has 0 unspecified atom stereocenters. The van der Waals surface area contributed by atoms with Crippen LogP contribution in [0, 0.1) is 0 Å². The standard InChI is InChI=1S/C9H14ClN3O3/c10-7-8(12-6-13-9(7)15)11-2-1-4-16-5-3-14/h6,14H,1-5H2,(H2,11,12,13,15). The number of aromatic nitrogens is 2. The third-order valence-electron chi connectivity index (χ3n) is 1.79. The molecule has 0 aliphatic carbocycles. The number of hydrogen-bond donors (Lipinski definition) is 3. The van der Waals surface area contributed by atoms with E-state index in [2.05, 4.69) is 15.3 Å². The first-order chi connectivity index (χ1) is 7.75. The highest BCUT2D eigenvalue weighted by Gasteiger charge is 2.03. The lowest BCUT2D eigenvalue weighted by Crippen LogP contribution is -2.13. The predicted molar refractivity (Wildman–Crippen MR) is 60.9 cm³/mol. The van der Waals surface area contributed by atoms with Gasteiger partial charge in [0.2, 0.25) is 0 Å². The van der Waals surface area contributed by atoms with Crippen molar-refractivity contribution < 1.29 is 9.84 Å². The second-order valence-corrected chi connectivity index (χ2v) is 3.39. The summed E-state index contributed by atoms with van der Waals surface area (Å²) in [6, 6.07) is 0. The second kappa shape index (κ2) is 7.21. The van der Waals surface area contributed by atoms with Gasteiger partial charge in [0, 0.05) is 13.2 Å². The van der Waals surface area contributed by atoms with E-state index in [9.17, 15) is 4.79 Å². The molecule has 6 nitrogen and oxygen atoms in total. The van der Waals surface area contributed by atoms with Gasteiger partial charge < -0.3 is 20.1 Å². The zero-order valence-corrected chi connectivity index (χ0v) is 9.46. The molecule has 1 aromatic heterocycles. The summed E-state index contributed by atoms with van der Waals surface area (Å²) in [5.41, 5.74) is -0.365. The largest absolute Gasteiger partial charge is 0.394 e. The Morgan fingerprint density at radius 1 is 1.56 bits per heavy atom. The number of rotatable bonds is 7. The molecule has 0 saturated heterocycles. The molecule has 0 bridgehead atoms. The lowest BCUT2D eigenvalue weighted by atomic mass is 10.4. The van der Waals surface area contributed by atoms with Gasteiger partial charge in [-0.3, -0.25) is 4.79 Å². The summed E-state index contributed by atoms with van der Waals surface area (Å²) in [4.78, 5) is 17.4. The normalized spacial score (nSPS) is 10.4. The van der Waals surface area contributed by atoms with Crippen molar-refractivity contribution in [1.82, 2.24) is 9.97 Å². The molecular weight excluding hydrogens is 234 g/mol. The molecule has 0 fully saturated rings. The van der Waals surface area contributed by atoms with Gasteiger partial charge in [0.15, 0.2) is 5.82 Å². The Morgan fingerprint density at radius 2 is 2.38 bits per heavy atom. The summed E-state index contributed by atoms with van der Waals surface area (Å²) in [7, 11) is 0. The highest BCUT2D eigenvalue weighted by atomic mass is 35.5. The molecule has 0 atom stereocenters. The average Bonchev–Trinajstić information content (AvgIpc) is 2.29. The molecule has 0 amide bonds. The molecule has 0 radical (unpaired) electrons. The Morgan fingerprint density at radius 3 is 3.12 bits per heavy atom. The van der Waals surface area contributed by atoms with Gasteiger partial charge in [0.1, 0.15) is 5.02 Å². The highest BCUT2D eigenvalue weighted by Crippen LogP contribution is 2.11. The third kappa shape index (κ3) is 4.18. The minimum Gasteiger partial charge on any atom is -0.394 e. The Bertz CT molecular complexity index is 369. The summed E-state index contributed by atoms with van der Waals surface area (Å²) >= 11 is 5.72. The van der Waals surface area contributed by atoms with Gasteiger partial charge in [0.05, 0.1) is 19.5 Å². The minimum atomic E-state index is -0.365. The quantitative estimate of drug-likeness (QED) is 0.601. The van der Waals surface area contributed by atoms with Gasteiger partial charge in [-0.05, 0) is 6.42 Å². The molecule has 1 heterocycles. The van der Waals surface area contributed by atoms with Gasteiger partial charge in [-0.2, -0.15) is 0 Å². The van der Waals surface area contributed by atoms with Crippen LogP contribution >= 0.6 is 11.6 Å². The Labute approximate surface area is 97.6 Å². The van der Waals surface area contributed by atoms with Crippen LogP contribution in [0.2, 0.25) is 5.02 Å². The van der Waals surface area contributed by atoms with Crippen LogP contribution in [0.25, 0.3) is 0 Å². The maximum absolute atomic E-state index is 11.1. The predicted octanol–water partition coefficient (Wildman–Crippen LogP) is 0.234. The molecule has 0 saturated carbocycles. The first-order valence-electron chi connectivity index (χ1n) is 4.91. The molecule has 1 aromatic rings. The van der Waals surface area contributed by atoms with Crippen molar-refractivity contribution in [2.45, 2.75) is 6.42 Å². The number of nitrogens with one attached hydrogen (secondary N) is 2. The Hall–Kier alpha value is -1.11. The zero-order valence-electron chi connectivity index (χ0n) is 8.70. The van der Waals surface area contributed by atoms with E-state index >= 15 is 0 Å². The number of nitrogens with zero attached hydrogens (tertiary/aromatic N) is 1. The minimum absolute atomic E-state index is 0.0227. The van der Waals surface area contributed by atoms with Gasteiger partial charge in [-0.1, -0.05) is 11.6 Å². The van der Waals surface area contributed by atoms with Crippen LogP contribution in [-0.2, 0) is 4.74 Å². The molecule has 0 aliphatic heterocycles. The van der Waals surface area contributed by atoms with E-state index < -0.39 is 0 Å². The maximum Gasteiger partial charge on any atom is 0.271 e. The van der Waals surface area contributed by atoms with Crippen molar-refractivity contribution in [2.24, 2.45) is 0 Å². The Kier molecular flexibility index (Phi) is 5.84. The monoisotopic (exact) mass is 247 g/mol. The number of aliphatic hydroxyl groups is 1. The molecular formula is C9H14ClN3O3. The zero-order chi connectivity index (χ0) is 11.8. The number of H-pyrrole nitrogens is 1. The summed E-state index contributed by atoms with van der Waals surface area (Å²) in [5.74, 6) is 0.368. The first-order valence-corrected chi connectivity index (χ1v) is 5.29. The van der Waals surface area contributed by atoms with E-state index in [1.54, 1.807) is 0 Å². The van der Waals surface area contributed by atoms with Crippen LogP contribution in [-0.4, -0.2) is 41.4 Å². The van der Waals surface area contributed by atoms with Gasteiger partial charge in [-0.15, -0.1) is 0 Å². The SMILES string of the molecule is O=c1[nH]cnc(NCCCOCCO)c1Cl. The number of ether oxygens (including phenoxy) is 1. The summed E-state index contributed by atoms with van der Waals surface area (Å²) in [6.45, 7) is 1.49. The average molecular weight is 248 g/mol. The summed E-state index contributed by atoms with van der Waals surface area (Å²) in [6.07, 6.45) is 2.03. The number of aliphatic hydroxyl groups excluding tert-OH is 1. The number of hydrogen-bond acceptors (Lipinski definition) is 5. The molecule has 0 aromatic carbocycles. The fourth-order valence-corrected chi connectivity index (χ4v) is 1.22. The fraction of sp³-hybridized carbons (Fsp3) is 0.556. The smallest absolute Gasteiger partial charge is 0.271 e. The topological polar surface area (TPSA) is 87.2 Å². The number of halogens is 1. The van der Waals surface area contributed by atoms with Crippen molar-refractivity contribution in [3.63, 3.8) is 0 Å². The summed E-state index contributed by atoms with van der Waals surface area (Å²) < 4.78 is 5.06. The molecule has 3 N–H and O–H groups in total. The first kappa shape index (κ1) is 13.0. The van der Waals surface area contributed by atoms with Crippen LogP contribution in [0.3, 0.4) is 0 Å². The van der Waals surface area contributed by atoms with Crippen LogP contribution in [0.5, 0.6) is 0 Å². The number of aromatic amines is 1. The highest BCUT2D eigenvalue weighted by molar-refractivity contribution is 6.32. The number of anilines is 1. The van der Waals surface area contributed by atoms with Gasteiger partial charge in [-0.25, -0.2) is 4.98 Å². The third-order valence-corrected chi connectivity index (χ3v) is 2.14. The van der Waals surface area contributed by atoms with Crippen LogP contribution in [0.4, 0.5) is 5.82 Å². The summed E-state index contributed by atoms with van der Waals surface area (Å²) in [5, 5.41) is 11.4. The lowest BCUT2D eigenvalue weighted by molar-refractivity contribution is 0.0922. The molecule has 1 rings (SSSR count). The molecule has 16 heavy (non-hydrogen) atoms. The lowest BCUT2D eigenvalue weighted by Gasteiger charge is -2.06. The van der Waals surface area contributed by atoms with Crippen molar-refractivity contribution in [3.05, 3.63) is 21.7 Å². The van der Waals surface area contributed by atoms with Crippen molar-refractivity contribution in [2.75, 3.05) is 31.7 Å². The van der Waals surface area contributed by atoms with Crippen LogP contribution in [0.1, 0.15) is 6.42 Å². The van der Waals surface area contributed by atoms with E-state index in [0.29, 0.717) is 25.6 Å². The van der Waals surface area contributed by atoms with Gasteiger partial charge in [0.25, 0.3) is 5.56 Å². The van der Waals surface area contributed by atoms with E-state index in [1.165, 1.54) is 6.33 Å². The van der Waals surface area contributed by atoms with Crippen molar-refractivity contribution in [3.8, 4) is 0 Å². The van der Waals surface area contributed by atoms with Crippen molar-refractivity contribution in [1.29, 1.82) is 0 Å². The second-order valence-electron chi connectivity index (χ2n) is 3.01. The van der Waals surface area contributed by atoms with Crippen LogP contribution in [0.15, 0.2) is 11.1 Å². The van der Waals surface area contributed by atoms with Crippen molar-refractivity contribution >= 4 is 17.4 Å². The van der Waals surface area contributed by atoms with E-state index in [1.807, 2.05) is 0 Å². The van der Waals surface area contributed by atoms with Gasteiger partial charge >= 0.3 is 0 Å². The molecule has 0 aliphatic rings. The fourth-order valence-electron chi connectivity index (χ4n) is 1.05. The Balaban J connectivity index is 2.27. The maximum atomic E-state index is 11.1. The van der Waals surface area contributed by atoms with E-state index in [4.69, 9.17) is 21.4 Å². The molecule has 7 heteroatoms. The van der Waals surface area contributed by atoms with Crippen LogP contribution < -0.4 is 10.9 Å². The molecule has 0 spiro atoms. The van der Waals surface area contributed by atoms with E-state index in [0.717, 1.165) is 6.42 Å².